The summed E-state index contributed by atoms with van der Waals surface area (Å²) in [5.74, 6) is -2.80. The number of hydrogen-bond acceptors (Lipinski definition) is 10. The molecule has 0 saturated carbocycles. The number of ether oxygens (including phenoxy) is 3. The van der Waals surface area contributed by atoms with Crippen LogP contribution < -0.4 is 4.74 Å². The molecular formula is C23H29N3O9. The van der Waals surface area contributed by atoms with Gasteiger partial charge in [-0.3, -0.25) is 19.7 Å². The van der Waals surface area contributed by atoms with Gasteiger partial charge in [0.2, 0.25) is 5.75 Å². The number of carbonyl (C=O) groups is 3. The van der Waals surface area contributed by atoms with Crippen molar-refractivity contribution in [1.82, 2.24) is 4.90 Å². The quantitative estimate of drug-likeness (QED) is 0.134. The molecule has 0 bridgehead atoms. The molecule has 1 aromatic carbocycles. The molecular weight excluding hydrogens is 462 g/mol. The number of phenolic OH excluding ortho intramolecular Hbond substituents is 1. The van der Waals surface area contributed by atoms with Crippen molar-refractivity contribution in [2.75, 3.05) is 13.1 Å². The highest BCUT2D eigenvalue weighted by molar-refractivity contribution is 6.01. The lowest BCUT2D eigenvalue weighted by Gasteiger charge is -2.20. The second kappa shape index (κ2) is 12.4. The van der Waals surface area contributed by atoms with E-state index in [9.17, 15) is 34.9 Å². The Morgan fingerprint density at radius 2 is 1.86 bits per heavy atom. The maximum absolute atomic E-state index is 12.5. The van der Waals surface area contributed by atoms with Crippen molar-refractivity contribution < 1.29 is 38.6 Å². The molecule has 0 radical (unpaired) electrons. The fraction of sp³-hybridized carbons (Fsp3) is 0.478. The zero-order valence-corrected chi connectivity index (χ0v) is 20.5. The molecule has 0 aliphatic heterocycles. The van der Waals surface area contributed by atoms with E-state index in [-0.39, 0.29) is 17.6 Å². The minimum Gasteiger partial charge on any atom is -0.499 e. The van der Waals surface area contributed by atoms with E-state index in [0.29, 0.717) is 13.1 Å². The number of rotatable bonds is 9. The number of nitrogens with zero attached hydrogens (tertiary/aromatic N) is 3. The van der Waals surface area contributed by atoms with Gasteiger partial charge in [0.25, 0.3) is 5.91 Å². The SMILES string of the molecule is CCN(CC)C(=O)C(C#N)=Cc1cc(OC(=O)OC(C)CC(=O)OC(C)(C)C)c(O)c([N+](=O)[O-])c1. The van der Waals surface area contributed by atoms with Crippen LogP contribution in [0.4, 0.5) is 10.5 Å². The number of nitro benzene ring substituents is 1. The van der Waals surface area contributed by atoms with E-state index in [1.165, 1.54) is 11.8 Å². The van der Waals surface area contributed by atoms with Gasteiger partial charge in [0.1, 0.15) is 23.3 Å². The van der Waals surface area contributed by atoms with Gasteiger partial charge in [-0.05, 0) is 59.2 Å². The van der Waals surface area contributed by atoms with E-state index in [1.807, 2.05) is 0 Å². The number of aromatic hydroxyl groups is 1. The first-order valence-electron chi connectivity index (χ1n) is 10.7. The monoisotopic (exact) mass is 491 g/mol. The maximum atomic E-state index is 12.5. The largest absolute Gasteiger partial charge is 0.514 e. The average Bonchev–Trinajstić information content (AvgIpc) is 2.72. The molecule has 0 aromatic heterocycles. The van der Waals surface area contributed by atoms with Gasteiger partial charge in [-0.2, -0.15) is 5.26 Å². The summed E-state index contributed by atoms with van der Waals surface area (Å²) in [5.41, 5.74) is -1.91. The number of nitriles is 1. The second-order valence-corrected chi connectivity index (χ2v) is 8.36. The fourth-order valence-electron chi connectivity index (χ4n) is 2.84. The van der Waals surface area contributed by atoms with Crippen LogP contribution >= 0.6 is 0 Å². The van der Waals surface area contributed by atoms with Crippen molar-refractivity contribution in [3.8, 4) is 17.6 Å². The van der Waals surface area contributed by atoms with Crippen LogP contribution in [-0.2, 0) is 19.1 Å². The lowest BCUT2D eigenvalue weighted by atomic mass is 10.1. The Hall–Kier alpha value is -4.14. The van der Waals surface area contributed by atoms with Gasteiger partial charge in [0.15, 0.2) is 5.75 Å². The Morgan fingerprint density at radius 1 is 1.26 bits per heavy atom. The van der Waals surface area contributed by atoms with Gasteiger partial charge in [-0.25, -0.2) is 4.79 Å². The highest BCUT2D eigenvalue weighted by Gasteiger charge is 2.25. The topological polar surface area (TPSA) is 169 Å². The molecule has 1 amide bonds. The van der Waals surface area contributed by atoms with Gasteiger partial charge in [0.05, 0.1) is 11.3 Å². The summed E-state index contributed by atoms with van der Waals surface area (Å²) in [6, 6.07) is 3.70. The number of hydrogen-bond donors (Lipinski definition) is 1. The molecule has 0 aliphatic carbocycles. The van der Waals surface area contributed by atoms with Gasteiger partial charge < -0.3 is 24.2 Å². The van der Waals surface area contributed by atoms with Crippen molar-refractivity contribution >= 4 is 29.8 Å². The molecule has 1 aromatic rings. The van der Waals surface area contributed by atoms with E-state index in [2.05, 4.69) is 0 Å². The lowest BCUT2D eigenvalue weighted by molar-refractivity contribution is -0.385. The van der Waals surface area contributed by atoms with Crippen molar-refractivity contribution in [2.24, 2.45) is 0 Å². The van der Waals surface area contributed by atoms with E-state index in [4.69, 9.17) is 14.2 Å². The molecule has 35 heavy (non-hydrogen) atoms. The molecule has 0 saturated heterocycles. The molecule has 12 heteroatoms. The predicted octanol–water partition coefficient (Wildman–Crippen LogP) is 3.71. The molecule has 190 valence electrons. The Balaban J connectivity index is 3.19. The molecule has 1 unspecified atom stereocenters. The van der Waals surface area contributed by atoms with Gasteiger partial charge >= 0.3 is 17.8 Å². The molecule has 1 rings (SSSR count). The van der Waals surface area contributed by atoms with Crippen LogP contribution in [-0.4, -0.2) is 57.8 Å². The van der Waals surface area contributed by atoms with E-state index in [1.54, 1.807) is 40.7 Å². The number of carbonyl (C=O) groups excluding carboxylic acids is 3. The third kappa shape index (κ3) is 8.96. The highest BCUT2D eigenvalue weighted by Crippen LogP contribution is 2.38. The fourth-order valence-corrected chi connectivity index (χ4v) is 2.84. The number of esters is 1. The Bertz CT molecular complexity index is 1050. The summed E-state index contributed by atoms with van der Waals surface area (Å²) < 4.78 is 15.0. The van der Waals surface area contributed by atoms with E-state index >= 15 is 0 Å². The Kier molecular flexibility index (Phi) is 10.2. The summed E-state index contributed by atoms with van der Waals surface area (Å²) in [6.45, 7) is 10.6. The zero-order valence-electron chi connectivity index (χ0n) is 20.5. The highest BCUT2D eigenvalue weighted by atomic mass is 16.7. The summed E-state index contributed by atoms with van der Waals surface area (Å²) in [4.78, 5) is 48.4. The third-order valence-electron chi connectivity index (χ3n) is 4.35. The number of benzene rings is 1. The Labute approximate surface area is 202 Å². The van der Waals surface area contributed by atoms with Gasteiger partial charge in [-0.1, -0.05) is 0 Å². The van der Waals surface area contributed by atoms with Crippen LogP contribution in [0.25, 0.3) is 6.08 Å². The second-order valence-electron chi connectivity index (χ2n) is 8.36. The number of likely N-dealkylation sites (N-methyl/N-ethyl adjacent to an activating group) is 1. The summed E-state index contributed by atoms with van der Waals surface area (Å²) >= 11 is 0. The zero-order chi connectivity index (χ0) is 26.9. The van der Waals surface area contributed by atoms with Crippen LogP contribution in [0.1, 0.15) is 53.5 Å². The smallest absolute Gasteiger partial charge is 0.499 e. The normalized spacial score (nSPS) is 12.2. The lowest BCUT2D eigenvalue weighted by Crippen LogP contribution is -2.31. The third-order valence-corrected chi connectivity index (χ3v) is 4.35. The Morgan fingerprint density at radius 3 is 2.34 bits per heavy atom. The summed E-state index contributed by atoms with van der Waals surface area (Å²) in [7, 11) is 0. The molecule has 0 heterocycles. The first-order valence-corrected chi connectivity index (χ1v) is 10.7. The molecule has 0 fully saturated rings. The number of phenols is 1. The molecule has 12 nitrogen and oxygen atoms in total. The van der Waals surface area contributed by atoms with Gasteiger partial charge in [0, 0.05) is 19.2 Å². The number of amides is 1. The van der Waals surface area contributed by atoms with Crippen molar-refractivity contribution in [3.05, 3.63) is 33.4 Å². The standard InChI is InChI=1S/C23H29N3O9/c1-7-25(8-2)21(29)16(13-24)10-15-11-17(26(31)32)20(28)18(12-15)34-22(30)33-14(3)9-19(27)35-23(4,5)6/h10-12,14,28H,7-9H2,1-6H3. The van der Waals surface area contributed by atoms with Crippen molar-refractivity contribution in [2.45, 2.75) is 59.7 Å². The van der Waals surface area contributed by atoms with Gasteiger partial charge in [-0.15, -0.1) is 0 Å². The van der Waals surface area contributed by atoms with Crippen molar-refractivity contribution in [3.63, 3.8) is 0 Å². The van der Waals surface area contributed by atoms with E-state index in [0.717, 1.165) is 18.2 Å². The van der Waals surface area contributed by atoms with Crippen LogP contribution in [0, 0.1) is 21.4 Å². The first-order chi connectivity index (χ1) is 16.2. The average molecular weight is 491 g/mol. The summed E-state index contributed by atoms with van der Waals surface area (Å²) in [5, 5.41) is 31.0. The number of nitro groups is 1. The predicted molar refractivity (Wildman–Crippen MR) is 123 cm³/mol. The first kappa shape index (κ1) is 28.9. The molecule has 1 atom stereocenters. The maximum Gasteiger partial charge on any atom is 0.514 e. The van der Waals surface area contributed by atoms with E-state index < -0.39 is 51.8 Å². The molecule has 0 spiro atoms. The minimum atomic E-state index is -1.34. The van der Waals surface area contributed by atoms with Crippen molar-refractivity contribution in [1.29, 1.82) is 5.26 Å². The summed E-state index contributed by atoms with van der Waals surface area (Å²) in [6.07, 6.45) is -1.50. The van der Waals surface area contributed by atoms with Crippen LogP contribution in [0.15, 0.2) is 17.7 Å². The molecule has 0 aliphatic rings. The minimum absolute atomic E-state index is 0.0452. The molecule has 1 N–H and O–H groups in total. The van der Waals surface area contributed by atoms with Crippen LogP contribution in [0.3, 0.4) is 0 Å². The van der Waals surface area contributed by atoms with Crippen LogP contribution in [0.2, 0.25) is 0 Å². The van der Waals surface area contributed by atoms with Crippen LogP contribution in [0.5, 0.6) is 11.5 Å².